The summed E-state index contributed by atoms with van der Waals surface area (Å²) < 4.78 is 11.9. The molecular formula is C13H21BClNO2. The van der Waals surface area contributed by atoms with Gasteiger partial charge in [-0.25, -0.2) is 0 Å². The fourth-order valence-corrected chi connectivity index (χ4v) is 1.92. The Morgan fingerprint density at radius 2 is 1.56 bits per heavy atom. The molecule has 5 heteroatoms. The van der Waals surface area contributed by atoms with Crippen molar-refractivity contribution < 1.29 is 9.31 Å². The van der Waals surface area contributed by atoms with Crippen LogP contribution < -0.4 is 0 Å². The van der Waals surface area contributed by atoms with Crippen LogP contribution >= 0.6 is 12.4 Å². The van der Waals surface area contributed by atoms with E-state index >= 15 is 0 Å². The zero-order valence-electron chi connectivity index (χ0n) is 11.5. The van der Waals surface area contributed by atoms with Crippen molar-refractivity contribution in [3.63, 3.8) is 0 Å². The number of hydrogen-bond acceptors (Lipinski definition) is 3. The van der Waals surface area contributed by atoms with Crippen molar-refractivity contribution in [3.05, 3.63) is 30.1 Å². The van der Waals surface area contributed by atoms with Gasteiger partial charge in [-0.2, -0.15) is 0 Å². The molecule has 0 spiro atoms. The first-order valence-electron chi connectivity index (χ1n) is 6.15. The van der Waals surface area contributed by atoms with Gasteiger partial charge in [-0.3, -0.25) is 4.98 Å². The molecule has 2 rings (SSSR count). The summed E-state index contributed by atoms with van der Waals surface area (Å²) >= 11 is 0. The molecule has 1 aromatic rings. The van der Waals surface area contributed by atoms with E-state index in [9.17, 15) is 0 Å². The molecule has 1 aliphatic rings. The van der Waals surface area contributed by atoms with Crippen molar-refractivity contribution in [1.82, 2.24) is 4.98 Å². The lowest BCUT2D eigenvalue weighted by atomic mass is 9.81. The second kappa shape index (κ2) is 5.60. The van der Waals surface area contributed by atoms with Gasteiger partial charge in [0.15, 0.2) is 0 Å². The van der Waals surface area contributed by atoms with Crippen LogP contribution in [0.2, 0.25) is 6.32 Å². The van der Waals surface area contributed by atoms with E-state index in [1.54, 1.807) is 0 Å². The van der Waals surface area contributed by atoms with Crippen molar-refractivity contribution in [2.24, 2.45) is 0 Å². The lowest BCUT2D eigenvalue weighted by Gasteiger charge is -2.32. The standard InChI is InChI=1S/C13H20BNO2.ClH/c1-12(2)13(3,4)17-14(16-12)8-5-11-6-9-15-10-7-11;/h6-7,9-10H,5,8H2,1-4H3;1H. The molecule has 0 radical (unpaired) electrons. The first-order valence-corrected chi connectivity index (χ1v) is 6.15. The first kappa shape index (κ1) is 15.5. The van der Waals surface area contributed by atoms with E-state index < -0.39 is 0 Å². The Labute approximate surface area is 116 Å². The van der Waals surface area contributed by atoms with Crippen molar-refractivity contribution >= 4 is 19.5 Å². The highest BCUT2D eigenvalue weighted by atomic mass is 35.5. The summed E-state index contributed by atoms with van der Waals surface area (Å²) in [6, 6.07) is 4.07. The number of aryl methyl sites for hydroxylation is 1. The lowest BCUT2D eigenvalue weighted by molar-refractivity contribution is 0.00578. The van der Waals surface area contributed by atoms with Crippen molar-refractivity contribution in [1.29, 1.82) is 0 Å². The van der Waals surface area contributed by atoms with E-state index in [1.807, 2.05) is 24.5 Å². The quantitative estimate of drug-likeness (QED) is 0.790. The maximum atomic E-state index is 5.95. The minimum atomic E-state index is -0.226. The molecule has 1 fully saturated rings. The Balaban J connectivity index is 0.00000162. The Kier molecular flexibility index (Phi) is 4.81. The van der Waals surface area contributed by atoms with Crippen LogP contribution in [0.4, 0.5) is 0 Å². The first-order chi connectivity index (χ1) is 7.91. The van der Waals surface area contributed by atoms with E-state index in [4.69, 9.17) is 9.31 Å². The summed E-state index contributed by atoms with van der Waals surface area (Å²) in [5.74, 6) is 0. The van der Waals surface area contributed by atoms with E-state index in [0.717, 1.165) is 12.7 Å². The van der Waals surface area contributed by atoms with Crippen LogP contribution in [0.3, 0.4) is 0 Å². The van der Waals surface area contributed by atoms with E-state index in [1.165, 1.54) is 5.56 Å². The summed E-state index contributed by atoms with van der Waals surface area (Å²) in [6.45, 7) is 8.33. The van der Waals surface area contributed by atoms with Crippen LogP contribution in [-0.4, -0.2) is 23.3 Å². The second-order valence-electron chi connectivity index (χ2n) is 5.58. The molecule has 0 bridgehead atoms. The molecular weight excluding hydrogens is 248 g/mol. The van der Waals surface area contributed by atoms with Gasteiger partial charge in [-0.05, 0) is 58.1 Å². The third-order valence-electron chi connectivity index (χ3n) is 3.72. The normalized spacial score (nSPS) is 20.6. The highest BCUT2D eigenvalue weighted by molar-refractivity contribution is 6.45. The molecule has 0 aromatic carbocycles. The van der Waals surface area contributed by atoms with Crippen LogP contribution in [0.25, 0.3) is 0 Å². The molecule has 0 saturated carbocycles. The number of halogens is 1. The fraction of sp³-hybridized carbons (Fsp3) is 0.615. The van der Waals surface area contributed by atoms with Gasteiger partial charge in [0.25, 0.3) is 0 Å². The average Bonchev–Trinajstić information content (AvgIpc) is 2.46. The summed E-state index contributed by atoms with van der Waals surface area (Å²) in [4.78, 5) is 4.01. The zero-order chi connectivity index (χ0) is 12.5. The molecule has 0 unspecified atom stereocenters. The van der Waals surface area contributed by atoms with Gasteiger partial charge >= 0.3 is 7.12 Å². The third-order valence-corrected chi connectivity index (χ3v) is 3.72. The summed E-state index contributed by atoms with van der Waals surface area (Å²) in [7, 11) is -0.104. The van der Waals surface area contributed by atoms with Crippen LogP contribution in [0, 0.1) is 0 Å². The summed E-state index contributed by atoms with van der Waals surface area (Å²) in [6.07, 6.45) is 5.48. The molecule has 0 aliphatic carbocycles. The van der Waals surface area contributed by atoms with Gasteiger partial charge in [0.05, 0.1) is 11.2 Å². The SMILES string of the molecule is CC1(C)OB(CCc2ccncc2)OC1(C)C.Cl. The van der Waals surface area contributed by atoms with Gasteiger partial charge < -0.3 is 9.31 Å². The second-order valence-corrected chi connectivity index (χ2v) is 5.58. The summed E-state index contributed by atoms with van der Waals surface area (Å²) in [5.41, 5.74) is 0.820. The molecule has 100 valence electrons. The maximum absolute atomic E-state index is 5.95. The van der Waals surface area contributed by atoms with Crippen LogP contribution in [0.5, 0.6) is 0 Å². The fourth-order valence-electron chi connectivity index (χ4n) is 1.92. The largest absolute Gasteiger partial charge is 0.458 e. The number of aromatic nitrogens is 1. The molecule has 0 atom stereocenters. The molecule has 0 amide bonds. The highest BCUT2D eigenvalue weighted by Gasteiger charge is 2.50. The topological polar surface area (TPSA) is 31.4 Å². The van der Waals surface area contributed by atoms with Gasteiger partial charge in [-0.1, -0.05) is 0 Å². The third kappa shape index (κ3) is 3.25. The number of pyridine rings is 1. The minimum Gasteiger partial charge on any atom is -0.403 e. The molecule has 2 heterocycles. The van der Waals surface area contributed by atoms with Crippen molar-refractivity contribution in [3.8, 4) is 0 Å². The molecule has 1 aromatic heterocycles. The van der Waals surface area contributed by atoms with Gasteiger partial charge in [0.2, 0.25) is 0 Å². The Hall–Kier alpha value is -0.575. The van der Waals surface area contributed by atoms with Gasteiger partial charge in [-0.15, -0.1) is 12.4 Å². The predicted octanol–water partition coefficient (Wildman–Crippen LogP) is 3.14. The number of rotatable bonds is 3. The van der Waals surface area contributed by atoms with E-state index in [-0.39, 0.29) is 30.7 Å². The van der Waals surface area contributed by atoms with E-state index in [0.29, 0.717) is 0 Å². The molecule has 3 nitrogen and oxygen atoms in total. The summed E-state index contributed by atoms with van der Waals surface area (Å²) in [5, 5.41) is 0. The smallest absolute Gasteiger partial charge is 0.403 e. The molecule has 18 heavy (non-hydrogen) atoms. The lowest BCUT2D eigenvalue weighted by Crippen LogP contribution is -2.41. The van der Waals surface area contributed by atoms with Crippen LogP contribution in [0.15, 0.2) is 24.5 Å². The molecule has 1 saturated heterocycles. The molecule has 1 aliphatic heterocycles. The minimum absolute atomic E-state index is 0. The number of hydrogen-bond donors (Lipinski definition) is 0. The van der Waals surface area contributed by atoms with E-state index in [2.05, 4.69) is 32.7 Å². The number of nitrogens with zero attached hydrogens (tertiary/aromatic N) is 1. The molecule has 0 N–H and O–H groups in total. The highest BCUT2D eigenvalue weighted by Crippen LogP contribution is 2.37. The Morgan fingerprint density at radius 3 is 2.06 bits per heavy atom. The Bertz CT molecular complexity index is 368. The van der Waals surface area contributed by atoms with Crippen LogP contribution in [0.1, 0.15) is 33.3 Å². The van der Waals surface area contributed by atoms with Crippen molar-refractivity contribution in [2.45, 2.75) is 51.6 Å². The maximum Gasteiger partial charge on any atom is 0.458 e. The van der Waals surface area contributed by atoms with Crippen molar-refractivity contribution in [2.75, 3.05) is 0 Å². The predicted molar refractivity (Wildman–Crippen MR) is 76.1 cm³/mol. The van der Waals surface area contributed by atoms with Gasteiger partial charge in [0.1, 0.15) is 0 Å². The van der Waals surface area contributed by atoms with Gasteiger partial charge in [0, 0.05) is 12.4 Å². The Morgan fingerprint density at radius 1 is 1.06 bits per heavy atom. The van der Waals surface area contributed by atoms with Crippen LogP contribution in [-0.2, 0) is 15.7 Å². The zero-order valence-corrected chi connectivity index (χ0v) is 12.3. The average molecular weight is 270 g/mol. The monoisotopic (exact) mass is 269 g/mol.